The minimum absolute atomic E-state index is 0.490. The zero-order chi connectivity index (χ0) is 13.2. The molecule has 0 aromatic carbocycles. The zero-order valence-corrected chi connectivity index (χ0v) is 11.2. The molecule has 98 valence electrons. The van der Waals surface area contributed by atoms with Crippen LogP contribution in [0.2, 0.25) is 0 Å². The quantitative estimate of drug-likeness (QED) is 0.789. The van der Waals surface area contributed by atoms with Gasteiger partial charge in [0.05, 0.1) is 24.2 Å². The van der Waals surface area contributed by atoms with Crippen LogP contribution in [-0.2, 0) is 13.0 Å². The highest BCUT2D eigenvalue weighted by molar-refractivity contribution is 7.13. The van der Waals surface area contributed by atoms with Gasteiger partial charge in [-0.25, -0.2) is 9.67 Å². The van der Waals surface area contributed by atoms with Crippen LogP contribution < -0.4 is 5.73 Å². The van der Waals surface area contributed by atoms with Crippen LogP contribution in [0.25, 0.3) is 10.8 Å². The van der Waals surface area contributed by atoms with Crippen LogP contribution in [0.5, 0.6) is 0 Å². The van der Waals surface area contributed by atoms with Gasteiger partial charge in [0, 0.05) is 5.38 Å². The van der Waals surface area contributed by atoms with E-state index in [1.165, 1.54) is 0 Å². The second-order valence-electron chi connectivity index (χ2n) is 4.05. The van der Waals surface area contributed by atoms with Gasteiger partial charge in [-0.3, -0.25) is 0 Å². The smallest absolute Gasteiger partial charge is 0.169 e. The Morgan fingerprint density at radius 2 is 2.37 bits per heavy atom. The van der Waals surface area contributed by atoms with Gasteiger partial charge in [-0.05, 0) is 18.6 Å². The van der Waals surface area contributed by atoms with Crippen LogP contribution in [0.1, 0.15) is 18.3 Å². The van der Waals surface area contributed by atoms with Gasteiger partial charge in [0.25, 0.3) is 0 Å². The van der Waals surface area contributed by atoms with Crippen molar-refractivity contribution in [2.45, 2.75) is 19.9 Å². The SMILES string of the molecule is CCc1c(N)nnn1Cc1csc(-c2ccco2)n1. The molecule has 0 fully saturated rings. The predicted molar refractivity (Wildman–Crippen MR) is 72.7 cm³/mol. The summed E-state index contributed by atoms with van der Waals surface area (Å²) in [5.41, 5.74) is 7.63. The van der Waals surface area contributed by atoms with Crippen LogP contribution in [0, 0.1) is 0 Å². The number of nitrogens with two attached hydrogens (primary N) is 1. The molecule has 0 unspecified atom stereocenters. The molecule has 7 heteroatoms. The lowest BCUT2D eigenvalue weighted by atomic mass is 10.3. The maximum Gasteiger partial charge on any atom is 0.169 e. The molecule has 0 bridgehead atoms. The molecule has 3 aromatic heterocycles. The maximum absolute atomic E-state index is 5.76. The molecule has 3 heterocycles. The first kappa shape index (κ1) is 11.9. The summed E-state index contributed by atoms with van der Waals surface area (Å²) in [6, 6.07) is 3.75. The Kier molecular flexibility index (Phi) is 3.04. The van der Waals surface area contributed by atoms with E-state index in [-0.39, 0.29) is 0 Å². The van der Waals surface area contributed by atoms with Crippen LogP contribution in [0.3, 0.4) is 0 Å². The molecule has 0 radical (unpaired) electrons. The summed E-state index contributed by atoms with van der Waals surface area (Å²) in [6.07, 6.45) is 2.44. The van der Waals surface area contributed by atoms with Crippen molar-refractivity contribution in [3.63, 3.8) is 0 Å². The second-order valence-corrected chi connectivity index (χ2v) is 4.91. The Balaban J connectivity index is 1.84. The molecule has 3 aromatic rings. The zero-order valence-electron chi connectivity index (χ0n) is 10.4. The molecule has 0 aliphatic rings. The molecule has 0 aliphatic carbocycles. The van der Waals surface area contributed by atoms with Gasteiger partial charge in [-0.15, -0.1) is 16.4 Å². The van der Waals surface area contributed by atoms with E-state index >= 15 is 0 Å². The Hall–Kier alpha value is -2.15. The first-order valence-electron chi connectivity index (χ1n) is 5.94. The molecular weight excluding hydrogens is 262 g/mol. The van der Waals surface area contributed by atoms with E-state index in [9.17, 15) is 0 Å². The summed E-state index contributed by atoms with van der Waals surface area (Å²) in [6.45, 7) is 2.60. The topological polar surface area (TPSA) is 82.8 Å². The minimum atomic E-state index is 0.490. The summed E-state index contributed by atoms with van der Waals surface area (Å²) >= 11 is 1.55. The normalized spacial score (nSPS) is 11.0. The highest BCUT2D eigenvalue weighted by Gasteiger charge is 2.11. The monoisotopic (exact) mass is 275 g/mol. The third kappa shape index (κ3) is 2.24. The van der Waals surface area contributed by atoms with E-state index in [2.05, 4.69) is 15.3 Å². The predicted octanol–water partition coefficient (Wildman–Crippen LogP) is 2.19. The lowest BCUT2D eigenvalue weighted by Gasteiger charge is -2.01. The molecular formula is C12H13N5OS. The number of nitrogen functional groups attached to an aromatic ring is 1. The lowest BCUT2D eigenvalue weighted by molar-refractivity contribution is 0.580. The molecule has 2 N–H and O–H groups in total. The van der Waals surface area contributed by atoms with Gasteiger partial charge in [-0.1, -0.05) is 12.1 Å². The number of rotatable bonds is 4. The summed E-state index contributed by atoms with van der Waals surface area (Å²) in [5.74, 6) is 1.27. The molecule has 6 nitrogen and oxygen atoms in total. The van der Waals surface area contributed by atoms with Crippen molar-refractivity contribution in [1.82, 2.24) is 20.0 Å². The standard InChI is InChI=1S/C12H13N5OS/c1-2-9-11(13)15-16-17(9)6-8-7-19-12(14-8)10-4-3-5-18-10/h3-5,7H,2,6,13H2,1H3. The third-order valence-electron chi connectivity index (χ3n) is 2.80. The number of anilines is 1. The largest absolute Gasteiger partial charge is 0.462 e. The van der Waals surface area contributed by atoms with Crippen LogP contribution >= 0.6 is 11.3 Å². The Morgan fingerprint density at radius 1 is 1.47 bits per heavy atom. The van der Waals surface area contributed by atoms with E-state index in [1.807, 2.05) is 24.4 Å². The Bertz CT molecular complexity index is 670. The highest BCUT2D eigenvalue weighted by atomic mass is 32.1. The van der Waals surface area contributed by atoms with E-state index in [4.69, 9.17) is 10.2 Å². The number of furan rings is 1. The number of nitrogens with zero attached hydrogens (tertiary/aromatic N) is 4. The maximum atomic E-state index is 5.76. The van der Waals surface area contributed by atoms with Crippen LogP contribution in [-0.4, -0.2) is 20.0 Å². The third-order valence-corrected chi connectivity index (χ3v) is 3.70. The molecule has 3 rings (SSSR count). The van der Waals surface area contributed by atoms with Gasteiger partial charge in [0.2, 0.25) is 0 Å². The van der Waals surface area contributed by atoms with Gasteiger partial charge >= 0.3 is 0 Å². The Morgan fingerprint density at radius 3 is 3.11 bits per heavy atom. The molecule has 0 amide bonds. The number of hydrogen-bond donors (Lipinski definition) is 1. The first-order chi connectivity index (χ1) is 9.28. The first-order valence-corrected chi connectivity index (χ1v) is 6.82. The fourth-order valence-corrected chi connectivity index (χ4v) is 2.66. The molecule has 0 spiro atoms. The fraction of sp³-hybridized carbons (Fsp3) is 0.250. The van der Waals surface area contributed by atoms with Crippen molar-refractivity contribution in [3.8, 4) is 10.8 Å². The van der Waals surface area contributed by atoms with Crippen LogP contribution in [0.4, 0.5) is 5.82 Å². The highest BCUT2D eigenvalue weighted by Crippen LogP contribution is 2.24. The summed E-state index contributed by atoms with van der Waals surface area (Å²) < 4.78 is 7.11. The van der Waals surface area contributed by atoms with Crippen molar-refractivity contribution in [2.24, 2.45) is 0 Å². The molecule has 0 saturated carbocycles. The van der Waals surface area contributed by atoms with E-state index < -0.39 is 0 Å². The van der Waals surface area contributed by atoms with Crippen molar-refractivity contribution in [1.29, 1.82) is 0 Å². The summed E-state index contributed by atoms with van der Waals surface area (Å²) in [4.78, 5) is 4.53. The Labute approximate surface area is 113 Å². The second kappa shape index (κ2) is 4.85. The van der Waals surface area contributed by atoms with E-state index in [0.717, 1.165) is 28.6 Å². The lowest BCUT2D eigenvalue weighted by Crippen LogP contribution is -2.07. The van der Waals surface area contributed by atoms with Crippen LogP contribution in [0.15, 0.2) is 28.2 Å². The average Bonchev–Trinajstić information content (AvgIpc) is 3.11. The summed E-state index contributed by atoms with van der Waals surface area (Å²) in [7, 11) is 0. The summed E-state index contributed by atoms with van der Waals surface area (Å²) in [5, 5.41) is 10.8. The molecule has 0 saturated heterocycles. The van der Waals surface area contributed by atoms with Crippen molar-refractivity contribution in [3.05, 3.63) is 35.2 Å². The molecule has 0 atom stereocenters. The number of aromatic nitrogens is 4. The van der Waals surface area contributed by atoms with E-state index in [0.29, 0.717) is 12.4 Å². The molecule has 0 aliphatic heterocycles. The van der Waals surface area contributed by atoms with Crippen molar-refractivity contribution < 1.29 is 4.42 Å². The van der Waals surface area contributed by atoms with Crippen molar-refractivity contribution >= 4 is 17.2 Å². The molecule has 19 heavy (non-hydrogen) atoms. The van der Waals surface area contributed by atoms with Gasteiger partial charge in [0.15, 0.2) is 16.6 Å². The number of thiazole rings is 1. The minimum Gasteiger partial charge on any atom is -0.462 e. The van der Waals surface area contributed by atoms with Gasteiger partial charge < -0.3 is 10.2 Å². The van der Waals surface area contributed by atoms with Gasteiger partial charge in [-0.2, -0.15) is 0 Å². The van der Waals surface area contributed by atoms with E-state index in [1.54, 1.807) is 22.3 Å². The number of hydrogen-bond acceptors (Lipinski definition) is 6. The average molecular weight is 275 g/mol. The fourth-order valence-electron chi connectivity index (χ4n) is 1.88. The van der Waals surface area contributed by atoms with Crippen molar-refractivity contribution in [2.75, 3.05) is 5.73 Å². The van der Waals surface area contributed by atoms with Gasteiger partial charge in [0.1, 0.15) is 0 Å².